The van der Waals surface area contributed by atoms with Crippen LogP contribution in [-0.2, 0) is 9.59 Å². The molecule has 2 rings (SSSR count). The molecule has 0 bridgehead atoms. The van der Waals surface area contributed by atoms with Gasteiger partial charge in [0.1, 0.15) is 0 Å². The number of nitrogens with zero attached hydrogens (tertiary/aromatic N) is 1. The van der Waals surface area contributed by atoms with Crippen LogP contribution in [0.1, 0.15) is 25.0 Å². The normalized spacial score (nSPS) is 15.5. The van der Waals surface area contributed by atoms with Crippen molar-refractivity contribution in [1.29, 1.82) is 0 Å². The van der Waals surface area contributed by atoms with E-state index in [1.807, 2.05) is 18.7 Å². The van der Waals surface area contributed by atoms with Gasteiger partial charge in [0.2, 0.25) is 5.91 Å². The maximum atomic E-state index is 12.4. The highest BCUT2D eigenvalue weighted by atomic mass is 32.2. The first-order chi connectivity index (χ1) is 11.8. The third kappa shape index (κ3) is 6.36. The number of carbonyl (C=O) groups is 2. The molecule has 5 nitrogen and oxygen atoms in total. The summed E-state index contributed by atoms with van der Waals surface area (Å²) in [7, 11) is 0. The zero-order chi connectivity index (χ0) is 18.4. The average molecular weight is 365 g/mol. The molecular weight excluding hydrogens is 334 g/mol. The Morgan fingerprint density at radius 3 is 2.48 bits per heavy atom. The number of thioether (sulfide) groups is 1. The lowest BCUT2D eigenvalue weighted by Gasteiger charge is -2.32. The van der Waals surface area contributed by atoms with Gasteiger partial charge >= 0.3 is 0 Å². The Kier molecular flexibility index (Phi) is 7.32. The molecule has 2 amide bonds. The van der Waals surface area contributed by atoms with E-state index in [0.717, 1.165) is 31.1 Å². The maximum Gasteiger partial charge on any atom is 0.275 e. The monoisotopic (exact) mass is 364 g/mol. The predicted octanol–water partition coefficient (Wildman–Crippen LogP) is 0.647. The van der Waals surface area contributed by atoms with Gasteiger partial charge in [0.25, 0.3) is 5.91 Å². The van der Waals surface area contributed by atoms with Crippen molar-refractivity contribution in [2.45, 2.75) is 38.6 Å². The molecule has 0 unspecified atom stereocenters. The molecule has 1 aromatic carbocycles. The number of benzene rings is 1. The minimum Gasteiger partial charge on any atom is -0.349 e. The number of rotatable bonds is 6. The van der Waals surface area contributed by atoms with E-state index in [2.05, 4.69) is 37.4 Å². The fraction of sp³-hybridized carbons (Fsp3) is 0.579. The number of quaternary nitrogens is 1. The summed E-state index contributed by atoms with van der Waals surface area (Å²) < 4.78 is 0. The van der Waals surface area contributed by atoms with Crippen LogP contribution in [0.15, 0.2) is 23.1 Å². The Bertz CT molecular complexity index is 611. The Morgan fingerprint density at radius 2 is 1.88 bits per heavy atom. The van der Waals surface area contributed by atoms with E-state index in [-0.39, 0.29) is 17.9 Å². The van der Waals surface area contributed by atoms with Gasteiger partial charge in [0.15, 0.2) is 6.54 Å². The number of piperazine rings is 1. The summed E-state index contributed by atoms with van der Waals surface area (Å²) in [5.41, 5.74) is 2.53. The van der Waals surface area contributed by atoms with Crippen LogP contribution in [0, 0.1) is 13.8 Å². The second-order valence-electron chi connectivity index (χ2n) is 7.06. The molecule has 25 heavy (non-hydrogen) atoms. The number of nitrogens with one attached hydrogen (secondary N) is 2. The number of hydrogen-bond donors (Lipinski definition) is 2. The van der Waals surface area contributed by atoms with Crippen molar-refractivity contribution >= 4 is 23.6 Å². The lowest BCUT2D eigenvalue weighted by atomic mass is 10.1. The second kappa shape index (κ2) is 9.25. The molecule has 1 fully saturated rings. The van der Waals surface area contributed by atoms with Crippen molar-refractivity contribution in [1.82, 2.24) is 10.2 Å². The van der Waals surface area contributed by atoms with Crippen LogP contribution < -0.4 is 10.2 Å². The van der Waals surface area contributed by atoms with Crippen LogP contribution in [0.3, 0.4) is 0 Å². The maximum absolute atomic E-state index is 12.4. The molecule has 0 aromatic heterocycles. The standard InChI is InChI=1S/C19H29N3O2S/c1-14(2)20-18(23)12-21-7-9-22(10-8-21)19(24)13-25-17-6-5-15(3)16(4)11-17/h5-6,11,14H,7-10,12-13H2,1-4H3,(H,20,23)/p+1. The third-order valence-electron chi connectivity index (χ3n) is 4.52. The van der Waals surface area contributed by atoms with Gasteiger partial charge in [0.05, 0.1) is 31.9 Å². The highest BCUT2D eigenvalue weighted by molar-refractivity contribution is 8.00. The summed E-state index contributed by atoms with van der Waals surface area (Å²) in [6, 6.07) is 6.50. The first kappa shape index (κ1) is 19.8. The zero-order valence-corrected chi connectivity index (χ0v) is 16.5. The number of amides is 2. The fourth-order valence-electron chi connectivity index (χ4n) is 2.89. The number of carbonyl (C=O) groups excluding carboxylic acids is 2. The molecule has 1 aliphatic rings. The van der Waals surface area contributed by atoms with Crippen molar-refractivity contribution in [2.24, 2.45) is 0 Å². The summed E-state index contributed by atoms with van der Waals surface area (Å²) in [5, 5.41) is 2.93. The zero-order valence-electron chi connectivity index (χ0n) is 15.7. The Hall–Kier alpha value is -1.53. The van der Waals surface area contributed by atoms with E-state index in [1.165, 1.54) is 16.0 Å². The van der Waals surface area contributed by atoms with Crippen LogP contribution in [0.5, 0.6) is 0 Å². The molecule has 6 heteroatoms. The van der Waals surface area contributed by atoms with Gasteiger partial charge in [-0.3, -0.25) is 9.59 Å². The van der Waals surface area contributed by atoms with Gasteiger partial charge in [-0.1, -0.05) is 6.07 Å². The molecule has 1 heterocycles. The fourth-order valence-corrected chi connectivity index (χ4v) is 3.79. The van der Waals surface area contributed by atoms with Crippen LogP contribution in [0.4, 0.5) is 0 Å². The van der Waals surface area contributed by atoms with E-state index in [9.17, 15) is 9.59 Å². The SMILES string of the molecule is Cc1ccc(SCC(=O)N2CC[NH+](CC(=O)NC(C)C)CC2)cc1C. The van der Waals surface area contributed by atoms with E-state index in [1.54, 1.807) is 11.8 Å². The summed E-state index contributed by atoms with van der Waals surface area (Å²) >= 11 is 1.60. The minimum absolute atomic E-state index is 0.0927. The van der Waals surface area contributed by atoms with E-state index < -0.39 is 0 Å². The van der Waals surface area contributed by atoms with Gasteiger partial charge in [-0.25, -0.2) is 0 Å². The Labute approximate surface area is 155 Å². The topological polar surface area (TPSA) is 53.9 Å². The molecule has 1 saturated heterocycles. The van der Waals surface area contributed by atoms with Crippen LogP contribution in [-0.4, -0.2) is 61.2 Å². The summed E-state index contributed by atoms with van der Waals surface area (Å²) in [6.45, 7) is 11.8. The minimum atomic E-state index is 0.0927. The molecule has 1 aromatic rings. The Morgan fingerprint density at radius 1 is 1.20 bits per heavy atom. The van der Waals surface area contributed by atoms with Gasteiger partial charge in [0, 0.05) is 10.9 Å². The van der Waals surface area contributed by atoms with Crippen molar-refractivity contribution in [3.63, 3.8) is 0 Å². The first-order valence-electron chi connectivity index (χ1n) is 8.96. The van der Waals surface area contributed by atoms with Gasteiger partial charge < -0.3 is 15.1 Å². The van der Waals surface area contributed by atoms with Crippen molar-refractivity contribution in [2.75, 3.05) is 38.5 Å². The molecule has 0 saturated carbocycles. The molecule has 138 valence electrons. The van der Waals surface area contributed by atoms with Crippen molar-refractivity contribution < 1.29 is 14.5 Å². The smallest absolute Gasteiger partial charge is 0.275 e. The highest BCUT2D eigenvalue weighted by Gasteiger charge is 2.25. The molecule has 1 aliphatic heterocycles. The highest BCUT2D eigenvalue weighted by Crippen LogP contribution is 2.21. The summed E-state index contributed by atoms with van der Waals surface area (Å²) in [4.78, 5) is 28.6. The molecule has 2 N–H and O–H groups in total. The van der Waals surface area contributed by atoms with Gasteiger partial charge in [-0.2, -0.15) is 0 Å². The summed E-state index contributed by atoms with van der Waals surface area (Å²) in [5.74, 6) is 0.759. The van der Waals surface area contributed by atoms with Gasteiger partial charge in [-0.05, 0) is 51.0 Å². The first-order valence-corrected chi connectivity index (χ1v) is 9.94. The lowest BCUT2D eigenvalue weighted by molar-refractivity contribution is -0.896. The average Bonchev–Trinajstić information content (AvgIpc) is 2.55. The van der Waals surface area contributed by atoms with Crippen LogP contribution >= 0.6 is 11.8 Å². The van der Waals surface area contributed by atoms with Gasteiger partial charge in [-0.15, -0.1) is 11.8 Å². The quantitative estimate of drug-likeness (QED) is 0.729. The molecule has 0 atom stereocenters. The molecule has 0 aliphatic carbocycles. The van der Waals surface area contributed by atoms with E-state index in [4.69, 9.17) is 0 Å². The number of hydrogen-bond acceptors (Lipinski definition) is 3. The second-order valence-corrected chi connectivity index (χ2v) is 8.11. The van der Waals surface area contributed by atoms with Crippen molar-refractivity contribution in [3.8, 4) is 0 Å². The van der Waals surface area contributed by atoms with E-state index in [0.29, 0.717) is 12.3 Å². The molecule has 0 spiro atoms. The lowest BCUT2D eigenvalue weighted by Crippen LogP contribution is -3.16. The van der Waals surface area contributed by atoms with Crippen LogP contribution in [0.25, 0.3) is 0 Å². The molecule has 0 radical (unpaired) electrons. The van der Waals surface area contributed by atoms with E-state index >= 15 is 0 Å². The molecular formula is C19H30N3O2S+. The Balaban J connectivity index is 1.73. The predicted molar refractivity (Wildman–Crippen MR) is 102 cm³/mol. The largest absolute Gasteiger partial charge is 0.349 e. The van der Waals surface area contributed by atoms with Crippen LogP contribution in [0.2, 0.25) is 0 Å². The van der Waals surface area contributed by atoms with Crippen molar-refractivity contribution in [3.05, 3.63) is 29.3 Å². The third-order valence-corrected chi connectivity index (χ3v) is 5.50. The summed E-state index contributed by atoms with van der Waals surface area (Å²) in [6.07, 6.45) is 0. The number of aryl methyl sites for hydroxylation is 2.